The van der Waals surface area contributed by atoms with Gasteiger partial charge in [-0.05, 0) is 36.8 Å². The van der Waals surface area contributed by atoms with Gasteiger partial charge in [-0.1, -0.05) is 18.2 Å². The van der Waals surface area contributed by atoms with Crippen LogP contribution < -0.4 is 19.1 Å². The second kappa shape index (κ2) is 7.89. The van der Waals surface area contributed by atoms with E-state index in [1.807, 2.05) is 0 Å². The van der Waals surface area contributed by atoms with Crippen molar-refractivity contribution < 1.29 is 27.5 Å². The summed E-state index contributed by atoms with van der Waals surface area (Å²) in [4.78, 5) is 23.9. The van der Waals surface area contributed by atoms with Gasteiger partial charge in [0.1, 0.15) is 6.54 Å². The lowest BCUT2D eigenvalue weighted by atomic mass is 10.1. The van der Waals surface area contributed by atoms with Gasteiger partial charge in [0.05, 0.1) is 11.9 Å². The molecule has 2 aromatic carbocycles. The van der Waals surface area contributed by atoms with Gasteiger partial charge in [-0.2, -0.15) is 0 Å². The van der Waals surface area contributed by atoms with Gasteiger partial charge in [0.25, 0.3) is 0 Å². The van der Waals surface area contributed by atoms with Crippen molar-refractivity contribution in [2.75, 3.05) is 23.9 Å². The summed E-state index contributed by atoms with van der Waals surface area (Å²) < 4.78 is 35.9. The first kappa shape index (κ1) is 19.7. The molecule has 1 aliphatic rings. The average Bonchev–Trinajstić information content (AvgIpc) is 3.11. The van der Waals surface area contributed by atoms with E-state index in [9.17, 15) is 18.0 Å². The van der Waals surface area contributed by atoms with Crippen molar-refractivity contribution in [3.8, 4) is 11.5 Å². The molecule has 0 spiro atoms. The van der Waals surface area contributed by atoms with Gasteiger partial charge in [0.15, 0.2) is 17.3 Å². The number of nitrogens with one attached hydrogen (secondary N) is 1. The maximum absolute atomic E-state index is 12.4. The van der Waals surface area contributed by atoms with E-state index in [0.29, 0.717) is 17.1 Å². The van der Waals surface area contributed by atoms with Crippen LogP contribution in [0.4, 0.5) is 5.69 Å². The fraction of sp³-hybridized carbons (Fsp3) is 0.263. The normalized spacial score (nSPS) is 12.5. The molecule has 148 valence electrons. The number of fused-ring (bicyclic) bond motifs is 1. The number of carbonyl (C=O) groups excluding carboxylic acids is 2. The molecule has 0 saturated heterocycles. The van der Waals surface area contributed by atoms with Crippen LogP contribution in [0.3, 0.4) is 0 Å². The predicted molar refractivity (Wildman–Crippen MR) is 103 cm³/mol. The quantitative estimate of drug-likeness (QED) is 0.705. The van der Waals surface area contributed by atoms with Gasteiger partial charge >= 0.3 is 0 Å². The molecule has 3 rings (SSSR count). The third-order valence-electron chi connectivity index (χ3n) is 4.15. The monoisotopic (exact) mass is 404 g/mol. The molecule has 1 amide bonds. The fourth-order valence-corrected chi connectivity index (χ4v) is 3.57. The molecule has 0 radical (unpaired) electrons. The predicted octanol–water partition coefficient (Wildman–Crippen LogP) is 1.70. The highest BCUT2D eigenvalue weighted by Gasteiger charge is 2.21. The van der Waals surface area contributed by atoms with E-state index < -0.39 is 22.5 Å². The Hall–Kier alpha value is -3.07. The Balaban J connectivity index is 1.70. The number of benzene rings is 2. The molecule has 0 fully saturated rings. The van der Waals surface area contributed by atoms with Crippen molar-refractivity contribution in [2.24, 2.45) is 0 Å². The molecule has 1 N–H and O–H groups in total. The van der Waals surface area contributed by atoms with Crippen molar-refractivity contribution in [1.29, 1.82) is 0 Å². The maximum atomic E-state index is 12.4. The number of amides is 1. The Morgan fingerprint density at radius 2 is 1.86 bits per heavy atom. The lowest BCUT2D eigenvalue weighted by Gasteiger charge is -2.22. The number of nitrogens with zero attached hydrogens (tertiary/aromatic N) is 1. The summed E-state index contributed by atoms with van der Waals surface area (Å²) in [7, 11) is -3.72. The fourth-order valence-electron chi connectivity index (χ4n) is 2.72. The van der Waals surface area contributed by atoms with Crippen LogP contribution >= 0.6 is 0 Å². The number of anilines is 1. The number of ether oxygens (including phenoxy) is 2. The Labute approximate surface area is 163 Å². The van der Waals surface area contributed by atoms with Gasteiger partial charge in [0, 0.05) is 12.1 Å². The van der Waals surface area contributed by atoms with Gasteiger partial charge in [-0.25, -0.2) is 8.42 Å². The topological polar surface area (TPSA) is 102 Å². The summed E-state index contributed by atoms with van der Waals surface area (Å²) in [5, 5.41) is 2.69. The van der Waals surface area contributed by atoms with E-state index in [1.54, 1.807) is 36.4 Å². The molecule has 28 heavy (non-hydrogen) atoms. The van der Waals surface area contributed by atoms with Crippen LogP contribution in [-0.2, 0) is 21.4 Å². The molecule has 0 unspecified atom stereocenters. The lowest BCUT2D eigenvalue weighted by molar-refractivity contribution is -0.119. The average molecular weight is 404 g/mol. The second-order valence-corrected chi connectivity index (χ2v) is 8.25. The lowest BCUT2D eigenvalue weighted by Crippen LogP contribution is -2.40. The van der Waals surface area contributed by atoms with E-state index >= 15 is 0 Å². The van der Waals surface area contributed by atoms with Gasteiger partial charge in [-0.15, -0.1) is 0 Å². The van der Waals surface area contributed by atoms with Crippen LogP contribution in [0.25, 0.3) is 0 Å². The molecule has 0 aliphatic carbocycles. The highest BCUT2D eigenvalue weighted by atomic mass is 32.2. The van der Waals surface area contributed by atoms with Crippen LogP contribution in [0.2, 0.25) is 0 Å². The van der Waals surface area contributed by atoms with E-state index in [4.69, 9.17) is 9.47 Å². The molecule has 1 aliphatic heterocycles. The molecule has 0 bridgehead atoms. The van der Waals surface area contributed by atoms with Crippen LogP contribution in [-0.4, -0.2) is 39.7 Å². The first-order valence-corrected chi connectivity index (χ1v) is 10.3. The van der Waals surface area contributed by atoms with Crippen LogP contribution in [0.15, 0.2) is 42.5 Å². The standard InChI is InChI=1S/C19H20N2O6S/c1-13(22)15-4-3-5-16(9-15)21(28(2,24)25)11-19(23)20-10-14-6-7-17-18(8-14)27-12-26-17/h3-9H,10-12H2,1-2H3,(H,20,23). The molecule has 9 heteroatoms. The molecule has 1 heterocycles. The minimum absolute atomic E-state index is 0.161. The van der Waals surface area contributed by atoms with Crippen molar-refractivity contribution in [2.45, 2.75) is 13.5 Å². The summed E-state index contributed by atoms with van der Waals surface area (Å²) in [5.74, 6) is 0.577. The zero-order chi connectivity index (χ0) is 20.3. The molecule has 0 atom stereocenters. The molecular formula is C19H20N2O6S. The van der Waals surface area contributed by atoms with Gasteiger partial charge in [-0.3, -0.25) is 13.9 Å². The van der Waals surface area contributed by atoms with Crippen LogP contribution in [0, 0.1) is 0 Å². The van der Waals surface area contributed by atoms with Crippen molar-refractivity contribution in [1.82, 2.24) is 5.32 Å². The smallest absolute Gasteiger partial charge is 0.241 e. The third-order valence-corrected chi connectivity index (χ3v) is 5.30. The van der Waals surface area contributed by atoms with Crippen LogP contribution in [0.5, 0.6) is 11.5 Å². The SMILES string of the molecule is CC(=O)c1cccc(N(CC(=O)NCc2ccc3c(c2)OCO3)S(C)(=O)=O)c1. The summed E-state index contributed by atoms with van der Waals surface area (Å²) >= 11 is 0. The zero-order valence-electron chi connectivity index (χ0n) is 15.5. The number of hydrogen-bond donors (Lipinski definition) is 1. The molecule has 2 aromatic rings. The van der Waals surface area contributed by atoms with Crippen molar-refractivity contribution in [3.05, 3.63) is 53.6 Å². The van der Waals surface area contributed by atoms with Gasteiger partial charge < -0.3 is 14.8 Å². The Morgan fingerprint density at radius 3 is 2.57 bits per heavy atom. The van der Waals surface area contributed by atoms with E-state index in [0.717, 1.165) is 16.1 Å². The Bertz CT molecular complexity index is 1020. The summed E-state index contributed by atoms with van der Waals surface area (Å²) in [5.41, 5.74) is 1.42. The largest absolute Gasteiger partial charge is 0.454 e. The minimum Gasteiger partial charge on any atom is -0.454 e. The van der Waals surface area contributed by atoms with E-state index in [-0.39, 0.29) is 24.8 Å². The maximum Gasteiger partial charge on any atom is 0.241 e. The second-order valence-electron chi connectivity index (χ2n) is 6.34. The number of rotatable bonds is 7. The highest BCUT2D eigenvalue weighted by Crippen LogP contribution is 2.32. The first-order chi connectivity index (χ1) is 13.2. The Kier molecular flexibility index (Phi) is 5.55. The molecule has 0 aromatic heterocycles. The zero-order valence-corrected chi connectivity index (χ0v) is 16.3. The summed E-state index contributed by atoms with van der Waals surface area (Å²) in [6, 6.07) is 11.5. The number of Topliss-reactive ketones (excluding diaryl/α,β-unsaturated/α-hetero) is 1. The first-order valence-electron chi connectivity index (χ1n) is 8.48. The summed E-state index contributed by atoms with van der Waals surface area (Å²) in [6.07, 6.45) is 1.01. The number of sulfonamides is 1. The van der Waals surface area contributed by atoms with E-state index in [1.165, 1.54) is 13.0 Å². The third kappa shape index (κ3) is 4.61. The molecular weight excluding hydrogens is 384 g/mol. The number of carbonyl (C=O) groups is 2. The molecule has 8 nitrogen and oxygen atoms in total. The molecule has 0 saturated carbocycles. The van der Waals surface area contributed by atoms with E-state index in [2.05, 4.69) is 5.32 Å². The number of ketones is 1. The highest BCUT2D eigenvalue weighted by molar-refractivity contribution is 7.92. The number of hydrogen-bond acceptors (Lipinski definition) is 6. The van der Waals surface area contributed by atoms with Crippen molar-refractivity contribution in [3.63, 3.8) is 0 Å². The van der Waals surface area contributed by atoms with Gasteiger partial charge in [0.2, 0.25) is 22.7 Å². The minimum atomic E-state index is -3.72. The van der Waals surface area contributed by atoms with Crippen molar-refractivity contribution >= 4 is 27.4 Å². The summed E-state index contributed by atoms with van der Waals surface area (Å²) in [6.45, 7) is 1.36. The Morgan fingerprint density at radius 1 is 1.11 bits per heavy atom. The van der Waals surface area contributed by atoms with Crippen LogP contribution in [0.1, 0.15) is 22.8 Å².